The van der Waals surface area contributed by atoms with Crippen molar-refractivity contribution in [2.75, 3.05) is 12.8 Å². The molecule has 0 saturated carbocycles. The van der Waals surface area contributed by atoms with Gasteiger partial charge in [0, 0.05) is 11.1 Å². The molecule has 0 unspecified atom stereocenters. The summed E-state index contributed by atoms with van der Waals surface area (Å²) < 4.78 is 31.7. The molecule has 2 heterocycles. The lowest BCUT2D eigenvalue weighted by atomic mass is 10.1. The summed E-state index contributed by atoms with van der Waals surface area (Å²) in [6, 6.07) is 18.7. The monoisotopic (exact) mass is 606 g/mol. The number of carbonyl (C=O) groups is 1. The third-order valence-corrected chi connectivity index (χ3v) is 6.18. The summed E-state index contributed by atoms with van der Waals surface area (Å²) >= 11 is 3.45. The van der Waals surface area contributed by atoms with Gasteiger partial charge in [0.25, 0.3) is 5.91 Å². The first kappa shape index (κ1) is 26.5. The number of nitrogen functional groups attached to an aromatic ring is 1. The van der Waals surface area contributed by atoms with Crippen LogP contribution in [0.1, 0.15) is 21.6 Å². The number of anilines is 1. The van der Waals surface area contributed by atoms with E-state index < -0.39 is 5.91 Å². The first-order chi connectivity index (χ1) is 19.5. The van der Waals surface area contributed by atoms with E-state index in [1.165, 1.54) is 24.1 Å². The topological polar surface area (TPSA) is 156 Å². The number of nitrogens with zero attached hydrogens (tertiary/aromatic N) is 6. The highest BCUT2D eigenvalue weighted by molar-refractivity contribution is 9.10. The quantitative estimate of drug-likeness (QED) is 0.186. The number of halogens is 2. The van der Waals surface area contributed by atoms with Crippen LogP contribution in [0, 0.1) is 5.82 Å². The van der Waals surface area contributed by atoms with Gasteiger partial charge in [-0.15, -0.1) is 5.10 Å². The number of rotatable bonds is 9. The smallest absolute Gasteiger partial charge is 0.294 e. The van der Waals surface area contributed by atoms with Gasteiger partial charge in [-0.2, -0.15) is 9.78 Å². The number of benzene rings is 3. The molecule has 0 atom stereocenters. The van der Waals surface area contributed by atoms with Crippen molar-refractivity contribution >= 4 is 33.9 Å². The Morgan fingerprint density at radius 1 is 1.18 bits per heavy atom. The van der Waals surface area contributed by atoms with Crippen molar-refractivity contribution in [2.24, 2.45) is 5.10 Å². The van der Waals surface area contributed by atoms with E-state index in [-0.39, 0.29) is 29.8 Å². The van der Waals surface area contributed by atoms with E-state index in [9.17, 15) is 9.18 Å². The molecular formula is C26H20BrFN8O4. The summed E-state index contributed by atoms with van der Waals surface area (Å²) in [4.78, 5) is 13.1. The molecule has 0 radical (unpaired) electrons. The van der Waals surface area contributed by atoms with Gasteiger partial charge in [0.2, 0.25) is 11.6 Å². The molecule has 0 aliphatic carbocycles. The second-order valence-corrected chi connectivity index (χ2v) is 9.01. The lowest BCUT2D eigenvalue weighted by molar-refractivity contribution is 0.0950. The number of methoxy groups -OCH3 is 1. The minimum atomic E-state index is -0.632. The Bertz CT molecular complexity index is 1690. The van der Waals surface area contributed by atoms with Crippen LogP contribution in [0.25, 0.3) is 17.1 Å². The first-order valence-corrected chi connectivity index (χ1v) is 12.4. The summed E-state index contributed by atoms with van der Waals surface area (Å²) in [6.07, 6.45) is 1.41. The zero-order chi connectivity index (χ0) is 28.1. The van der Waals surface area contributed by atoms with Gasteiger partial charge in [0.05, 0.1) is 17.8 Å². The maximum atomic E-state index is 14.0. The number of carbonyl (C=O) groups excluding carboxylic acids is 1. The lowest BCUT2D eigenvalue weighted by Crippen LogP contribution is -2.19. The summed E-state index contributed by atoms with van der Waals surface area (Å²) in [5, 5.41) is 19.4. The number of nitrogens with two attached hydrogens (primary N) is 1. The highest BCUT2D eigenvalue weighted by Crippen LogP contribution is 2.37. The van der Waals surface area contributed by atoms with Crippen molar-refractivity contribution in [3.8, 4) is 28.6 Å². The molecular weight excluding hydrogens is 587 g/mol. The van der Waals surface area contributed by atoms with Gasteiger partial charge < -0.3 is 15.2 Å². The normalized spacial score (nSPS) is 11.1. The van der Waals surface area contributed by atoms with E-state index in [1.807, 2.05) is 6.07 Å². The van der Waals surface area contributed by atoms with Crippen molar-refractivity contribution in [1.29, 1.82) is 0 Å². The molecule has 5 aromatic rings. The van der Waals surface area contributed by atoms with Crippen LogP contribution < -0.4 is 20.6 Å². The maximum Gasteiger partial charge on any atom is 0.294 e. The lowest BCUT2D eigenvalue weighted by Gasteiger charge is -2.14. The molecule has 0 bridgehead atoms. The molecule has 0 aliphatic heterocycles. The van der Waals surface area contributed by atoms with E-state index in [2.05, 4.69) is 51.7 Å². The van der Waals surface area contributed by atoms with Gasteiger partial charge in [-0.1, -0.05) is 53.7 Å². The summed E-state index contributed by atoms with van der Waals surface area (Å²) in [6.45, 7) is 0.00556. The largest absolute Gasteiger partial charge is 0.493 e. The molecule has 0 fully saturated rings. The Kier molecular flexibility index (Phi) is 7.77. The molecule has 0 aliphatic rings. The molecule has 14 heteroatoms. The van der Waals surface area contributed by atoms with Crippen molar-refractivity contribution in [2.45, 2.75) is 6.61 Å². The Morgan fingerprint density at radius 3 is 2.67 bits per heavy atom. The zero-order valence-corrected chi connectivity index (χ0v) is 22.4. The SMILES string of the molecule is COc1cc(/C=N\NC(=O)c2nnn(-c3nonc3N)c2-c2ccccc2)cc(Br)c1OCc1ccccc1F. The van der Waals surface area contributed by atoms with Crippen LogP contribution >= 0.6 is 15.9 Å². The van der Waals surface area contributed by atoms with Gasteiger partial charge >= 0.3 is 0 Å². The number of ether oxygens (including phenoxy) is 2. The Morgan fingerprint density at radius 2 is 1.95 bits per heavy atom. The minimum absolute atomic E-state index is 0.00556. The zero-order valence-electron chi connectivity index (χ0n) is 20.8. The number of amides is 1. The van der Waals surface area contributed by atoms with Crippen molar-refractivity contribution in [3.05, 3.63) is 93.8 Å². The number of hydrogen-bond donors (Lipinski definition) is 2. The number of hydrazone groups is 1. The molecule has 12 nitrogen and oxygen atoms in total. The van der Waals surface area contributed by atoms with E-state index in [1.54, 1.807) is 54.6 Å². The van der Waals surface area contributed by atoms with E-state index >= 15 is 0 Å². The fourth-order valence-corrected chi connectivity index (χ4v) is 4.29. The van der Waals surface area contributed by atoms with Crippen molar-refractivity contribution < 1.29 is 23.3 Å². The van der Waals surface area contributed by atoms with Gasteiger partial charge in [0.15, 0.2) is 17.2 Å². The van der Waals surface area contributed by atoms with E-state index in [0.717, 1.165) is 0 Å². The number of hydrogen-bond acceptors (Lipinski definition) is 10. The first-order valence-electron chi connectivity index (χ1n) is 11.6. The molecule has 1 amide bonds. The molecule has 3 N–H and O–H groups in total. The van der Waals surface area contributed by atoms with Crippen molar-refractivity contribution in [1.82, 2.24) is 30.7 Å². The fourth-order valence-electron chi connectivity index (χ4n) is 3.71. The third kappa shape index (κ3) is 5.51. The highest BCUT2D eigenvalue weighted by atomic mass is 79.9. The van der Waals surface area contributed by atoms with E-state index in [0.29, 0.717) is 38.4 Å². The second-order valence-electron chi connectivity index (χ2n) is 8.15. The average molecular weight is 607 g/mol. The number of aromatic nitrogens is 5. The van der Waals surface area contributed by atoms with Gasteiger partial charge in [-0.25, -0.2) is 14.4 Å². The molecule has 202 valence electrons. The molecule has 3 aromatic carbocycles. The standard InChI is InChI=1S/C26H20BrFN8O4/c1-38-20-12-15(11-18(27)23(20)39-14-17-9-5-6-10-19(17)28)13-30-32-26(37)21-22(16-7-3-2-4-8-16)36(35-31-21)25-24(29)33-40-34-25/h2-13H,14H2,1H3,(H2,29,33)(H,32,37)/b30-13-. The van der Waals surface area contributed by atoms with Crippen LogP contribution in [-0.4, -0.2) is 44.5 Å². The van der Waals surface area contributed by atoms with Crippen LogP contribution in [0.3, 0.4) is 0 Å². The van der Waals surface area contributed by atoms with Gasteiger partial charge in [-0.05, 0) is 50.0 Å². The molecule has 0 spiro atoms. The van der Waals surface area contributed by atoms with Gasteiger partial charge in [0.1, 0.15) is 18.1 Å². The fraction of sp³-hybridized carbons (Fsp3) is 0.0769. The second kappa shape index (κ2) is 11.7. The Balaban J connectivity index is 1.35. The Labute approximate surface area is 234 Å². The predicted molar refractivity (Wildman–Crippen MR) is 146 cm³/mol. The summed E-state index contributed by atoms with van der Waals surface area (Å²) in [7, 11) is 1.48. The highest BCUT2D eigenvalue weighted by Gasteiger charge is 2.25. The maximum absolute atomic E-state index is 14.0. The molecule has 5 rings (SSSR count). The van der Waals surface area contributed by atoms with Crippen molar-refractivity contribution in [3.63, 3.8) is 0 Å². The number of nitrogens with one attached hydrogen (secondary N) is 1. The molecule has 0 saturated heterocycles. The third-order valence-electron chi connectivity index (χ3n) is 5.59. The summed E-state index contributed by atoms with van der Waals surface area (Å²) in [5.74, 6) is -0.165. The molecule has 40 heavy (non-hydrogen) atoms. The van der Waals surface area contributed by atoms with Crippen LogP contribution in [0.2, 0.25) is 0 Å². The van der Waals surface area contributed by atoms with Crippen LogP contribution in [-0.2, 0) is 6.61 Å². The summed E-state index contributed by atoms with van der Waals surface area (Å²) in [5.41, 5.74) is 10.2. The van der Waals surface area contributed by atoms with Gasteiger partial charge in [-0.3, -0.25) is 4.79 Å². The predicted octanol–water partition coefficient (Wildman–Crippen LogP) is 4.15. The average Bonchev–Trinajstić information content (AvgIpc) is 3.59. The molecule has 2 aromatic heterocycles. The minimum Gasteiger partial charge on any atom is -0.493 e. The van der Waals surface area contributed by atoms with Crippen LogP contribution in [0.5, 0.6) is 11.5 Å². The van der Waals surface area contributed by atoms with Crippen LogP contribution in [0.4, 0.5) is 10.2 Å². The van der Waals surface area contributed by atoms with E-state index in [4.69, 9.17) is 15.2 Å². The van der Waals surface area contributed by atoms with Crippen LogP contribution in [0.15, 0.2) is 80.9 Å². The Hall–Kier alpha value is -5.11.